The predicted octanol–water partition coefficient (Wildman–Crippen LogP) is -0.328. The van der Waals surface area contributed by atoms with Crippen molar-refractivity contribution in [3.63, 3.8) is 0 Å². The Morgan fingerprint density at radius 2 is 2.50 bits per heavy atom. The Balaban J connectivity index is 2.89. The second-order valence-corrected chi connectivity index (χ2v) is 1.63. The van der Waals surface area contributed by atoms with Crippen LogP contribution in [-0.4, -0.2) is 26.5 Å². The molecule has 0 unspecified atom stereocenters. The molecular formula is C5H6N4O. The van der Waals surface area contributed by atoms with E-state index in [9.17, 15) is 4.79 Å². The molecule has 5 nitrogen and oxygen atoms in total. The number of aldehydes is 1. The molecule has 0 atom stereocenters. The van der Waals surface area contributed by atoms with Crippen LogP contribution in [0.25, 0.3) is 0 Å². The quantitative estimate of drug-likeness (QED) is 0.424. The molecule has 1 rings (SSSR count). The first-order valence-corrected chi connectivity index (χ1v) is 2.70. The van der Waals surface area contributed by atoms with Gasteiger partial charge in [0.2, 0.25) is 5.82 Å². The highest BCUT2D eigenvalue weighted by atomic mass is 16.1. The zero-order chi connectivity index (χ0) is 7.40. The van der Waals surface area contributed by atoms with Crippen LogP contribution in [0.3, 0.4) is 0 Å². The van der Waals surface area contributed by atoms with Crippen LogP contribution in [0.4, 0.5) is 0 Å². The summed E-state index contributed by atoms with van der Waals surface area (Å²) in [5.74, 6) is 0.222. The molecule has 0 saturated heterocycles. The van der Waals surface area contributed by atoms with Crippen LogP contribution in [-0.2, 0) is 6.54 Å². The molecule has 0 bridgehead atoms. The van der Waals surface area contributed by atoms with Gasteiger partial charge in [-0.2, -0.15) is 0 Å². The molecule has 0 fully saturated rings. The first kappa shape index (κ1) is 6.60. The molecule has 0 amide bonds. The van der Waals surface area contributed by atoms with Gasteiger partial charge in [0, 0.05) is 0 Å². The maximum Gasteiger partial charge on any atom is 0.215 e. The van der Waals surface area contributed by atoms with Crippen molar-refractivity contribution in [3.05, 3.63) is 18.5 Å². The van der Waals surface area contributed by atoms with E-state index in [1.54, 1.807) is 6.08 Å². The van der Waals surface area contributed by atoms with Crippen LogP contribution in [0.1, 0.15) is 10.6 Å². The number of aromatic nitrogens is 4. The van der Waals surface area contributed by atoms with Crippen molar-refractivity contribution in [2.24, 2.45) is 0 Å². The molecule has 0 radical (unpaired) electrons. The number of carbonyl (C=O) groups is 1. The first-order valence-electron chi connectivity index (χ1n) is 2.70. The fourth-order valence-electron chi connectivity index (χ4n) is 0.548. The summed E-state index contributed by atoms with van der Waals surface area (Å²) in [6, 6.07) is 0. The van der Waals surface area contributed by atoms with E-state index in [4.69, 9.17) is 0 Å². The molecule has 5 heteroatoms. The van der Waals surface area contributed by atoms with Gasteiger partial charge in [0.25, 0.3) is 0 Å². The number of allylic oxidation sites excluding steroid dienone is 1. The Morgan fingerprint density at radius 1 is 1.70 bits per heavy atom. The van der Waals surface area contributed by atoms with E-state index < -0.39 is 0 Å². The Hall–Kier alpha value is -1.52. The molecule has 0 N–H and O–H groups in total. The van der Waals surface area contributed by atoms with Crippen LogP contribution in [0.5, 0.6) is 0 Å². The zero-order valence-electron chi connectivity index (χ0n) is 5.27. The lowest BCUT2D eigenvalue weighted by molar-refractivity contribution is 0.111. The smallest absolute Gasteiger partial charge is 0.215 e. The van der Waals surface area contributed by atoms with Crippen molar-refractivity contribution in [3.8, 4) is 0 Å². The number of hydrogen-bond acceptors (Lipinski definition) is 4. The highest BCUT2D eigenvalue weighted by Crippen LogP contribution is 1.85. The molecular weight excluding hydrogens is 132 g/mol. The van der Waals surface area contributed by atoms with Gasteiger partial charge in [-0.15, -0.1) is 11.7 Å². The van der Waals surface area contributed by atoms with E-state index in [-0.39, 0.29) is 5.82 Å². The molecule has 0 aromatic carbocycles. The van der Waals surface area contributed by atoms with Crippen molar-refractivity contribution < 1.29 is 4.79 Å². The summed E-state index contributed by atoms with van der Waals surface area (Å²) in [5.41, 5.74) is 0. The average molecular weight is 138 g/mol. The molecule has 0 saturated carbocycles. The molecule has 0 aliphatic carbocycles. The third kappa shape index (κ3) is 1.07. The maximum atomic E-state index is 10.2. The summed E-state index contributed by atoms with van der Waals surface area (Å²) in [6.45, 7) is 3.94. The van der Waals surface area contributed by atoms with Crippen LogP contribution in [0.2, 0.25) is 0 Å². The van der Waals surface area contributed by atoms with Gasteiger partial charge >= 0.3 is 0 Å². The summed E-state index contributed by atoms with van der Waals surface area (Å²) in [5, 5.41) is 10.3. The van der Waals surface area contributed by atoms with Gasteiger partial charge in [-0.1, -0.05) is 6.08 Å². The fourth-order valence-corrected chi connectivity index (χ4v) is 0.548. The van der Waals surface area contributed by atoms with Crippen LogP contribution >= 0.6 is 0 Å². The van der Waals surface area contributed by atoms with Crippen molar-refractivity contribution in [2.75, 3.05) is 0 Å². The van der Waals surface area contributed by atoms with E-state index in [0.29, 0.717) is 12.8 Å². The second kappa shape index (κ2) is 2.86. The molecule has 1 aromatic rings. The lowest BCUT2D eigenvalue weighted by atomic mass is 10.6. The Kier molecular flexibility index (Phi) is 1.89. The third-order valence-corrected chi connectivity index (χ3v) is 0.967. The normalized spacial score (nSPS) is 9.20. The molecule has 0 aliphatic heterocycles. The zero-order valence-corrected chi connectivity index (χ0v) is 5.27. The van der Waals surface area contributed by atoms with Crippen molar-refractivity contribution in [1.82, 2.24) is 20.2 Å². The van der Waals surface area contributed by atoms with E-state index in [2.05, 4.69) is 22.1 Å². The molecule has 52 valence electrons. The highest BCUT2D eigenvalue weighted by Gasteiger charge is 1.99. The summed E-state index contributed by atoms with van der Waals surface area (Å²) >= 11 is 0. The van der Waals surface area contributed by atoms with Crippen molar-refractivity contribution in [2.45, 2.75) is 6.54 Å². The van der Waals surface area contributed by atoms with Gasteiger partial charge in [-0.25, -0.2) is 4.68 Å². The average Bonchev–Trinajstić information content (AvgIpc) is 2.36. The summed E-state index contributed by atoms with van der Waals surface area (Å²) in [4.78, 5) is 10.2. The van der Waals surface area contributed by atoms with Gasteiger partial charge in [0.15, 0.2) is 6.29 Å². The van der Waals surface area contributed by atoms with Gasteiger partial charge in [0.05, 0.1) is 6.54 Å². The molecule has 0 spiro atoms. The van der Waals surface area contributed by atoms with Crippen LogP contribution in [0.15, 0.2) is 12.7 Å². The Labute approximate surface area is 57.3 Å². The number of rotatable bonds is 3. The maximum absolute atomic E-state index is 10.2. The minimum absolute atomic E-state index is 0.222. The predicted molar refractivity (Wildman–Crippen MR) is 33.4 cm³/mol. The number of carbonyl (C=O) groups excluding carboxylic acids is 1. The summed E-state index contributed by atoms with van der Waals surface area (Å²) < 4.78 is 1.36. The standard InChI is InChI=1S/C5H6N4O/c1-2-3-9-5(4-10)6-7-8-9/h2,4H,1,3H2. The molecule has 1 heterocycles. The first-order chi connectivity index (χ1) is 4.88. The molecule has 10 heavy (non-hydrogen) atoms. The van der Waals surface area contributed by atoms with E-state index in [0.717, 1.165) is 0 Å². The minimum atomic E-state index is 0.222. The van der Waals surface area contributed by atoms with Gasteiger partial charge in [0.1, 0.15) is 0 Å². The number of tetrazole rings is 1. The van der Waals surface area contributed by atoms with Gasteiger partial charge < -0.3 is 0 Å². The monoisotopic (exact) mass is 138 g/mol. The van der Waals surface area contributed by atoms with E-state index in [1.165, 1.54) is 4.68 Å². The topological polar surface area (TPSA) is 60.7 Å². The number of hydrogen-bond donors (Lipinski definition) is 0. The highest BCUT2D eigenvalue weighted by molar-refractivity contribution is 5.68. The summed E-state index contributed by atoms with van der Waals surface area (Å²) in [7, 11) is 0. The van der Waals surface area contributed by atoms with E-state index >= 15 is 0 Å². The lowest BCUT2D eigenvalue weighted by Gasteiger charge is -1.90. The SMILES string of the molecule is C=CCn1nnnc1C=O. The largest absolute Gasteiger partial charge is 0.294 e. The second-order valence-electron chi connectivity index (χ2n) is 1.63. The van der Waals surface area contributed by atoms with Gasteiger partial charge in [-0.3, -0.25) is 4.79 Å². The molecule has 1 aromatic heterocycles. The van der Waals surface area contributed by atoms with Gasteiger partial charge in [-0.05, 0) is 10.4 Å². The minimum Gasteiger partial charge on any atom is -0.294 e. The third-order valence-electron chi connectivity index (χ3n) is 0.967. The van der Waals surface area contributed by atoms with Crippen LogP contribution < -0.4 is 0 Å². The Morgan fingerprint density at radius 3 is 3.10 bits per heavy atom. The lowest BCUT2D eigenvalue weighted by Crippen LogP contribution is -2.02. The fraction of sp³-hybridized carbons (Fsp3) is 0.200. The van der Waals surface area contributed by atoms with E-state index in [1.807, 2.05) is 0 Å². The van der Waals surface area contributed by atoms with Crippen molar-refractivity contribution in [1.29, 1.82) is 0 Å². The number of nitrogens with zero attached hydrogens (tertiary/aromatic N) is 4. The summed E-state index contributed by atoms with van der Waals surface area (Å²) in [6.07, 6.45) is 2.22. The van der Waals surface area contributed by atoms with Crippen LogP contribution in [0, 0.1) is 0 Å². The Bertz CT molecular complexity index is 242. The van der Waals surface area contributed by atoms with Crippen molar-refractivity contribution >= 4 is 6.29 Å². The molecule has 0 aliphatic rings.